The Labute approximate surface area is 94.7 Å². The zero-order chi connectivity index (χ0) is 12.2. The number of nitrogens with zero attached hydrogens (tertiary/aromatic N) is 1. The van der Waals surface area contributed by atoms with Crippen molar-refractivity contribution in [1.29, 1.82) is 0 Å². The maximum Gasteiger partial charge on any atom is 0.471 e. The quantitative estimate of drug-likeness (QED) is 0.833. The van der Waals surface area contributed by atoms with Crippen LogP contribution in [0.15, 0.2) is 5.38 Å². The summed E-state index contributed by atoms with van der Waals surface area (Å²) in [4.78, 5) is 14.6. The summed E-state index contributed by atoms with van der Waals surface area (Å²) in [5, 5.41) is 4.57. The SMILES string of the molecule is Cc1csc(CCCNC(=O)C(F)(F)F)n1. The highest BCUT2D eigenvalue weighted by Gasteiger charge is 2.38. The minimum Gasteiger partial charge on any atom is -0.348 e. The third-order valence-electron chi connectivity index (χ3n) is 1.78. The summed E-state index contributed by atoms with van der Waals surface area (Å²) in [6.45, 7) is 1.86. The minimum absolute atomic E-state index is 0.0109. The molecule has 1 aromatic rings. The molecule has 0 atom stereocenters. The number of aromatic nitrogens is 1. The van der Waals surface area contributed by atoms with Gasteiger partial charge in [0, 0.05) is 24.0 Å². The predicted molar refractivity (Wildman–Crippen MR) is 54.2 cm³/mol. The first-order valence-electron chi connectivity index (χ1n) is 4.65. The summed E-state index contributed by atoms with van der Waals surface area (Å²) >= 11 is 1.47. The lowest BCUT2D eigenvalue weighted by Gasteiger charge is -2.06. The number of hydrogen-bond acceptors (Lipinski definition) is 3. The topological polar surface area (TPSA) is 42.0 Å². The van der Waals surface area contributed by atoms with Gasteiger partial charge < -0.3 is 5.32 Å². The Morgan fingerprint density at radius 3 is 2.75 bits per heavy atom. The summed E-state index contributed by atoms with van der Waals surface area (Å²) in [7, 11) is 0. The molecule has 1 rings (SSSR count). The number of thiazole rings is 1. The molecule has 1 heterocycles. The second-order valence-electron chi connectivity index (χ2n) is 3.24. The second-order valence-corrected chi connectivity index (χ2v) is 4.18. The van der Waals surface area contributed by atoms with Crippen molar-refractivity contribution < 1.29 is 18.0 Å². The highest BCUT2D eigenvalue weighted by atomic mass is 32.1. The minimum atomic E-state index is -4.79. The predicted octanol–water partition coefficient (Wildman–Crippen LogP) is 2.06. The monoisotopic (exact) mass is 252 g/mol. The van der Waals surface area contributed by atoms with Crippen molar-refractivity contribution >= 4 is 17.2 Å². The van der Waals surface area contributed by atoms with E-state index in [1.165, 1.54) is 11.3 Å². The normalized spacial score (nSPS) is 11.5. The van der Waals surface area contributed by atoms with Gasteiger partial charge in [0.2, 0.25) is 0 Å². The smallest absolute Gasteiger partial charge is 0.348 e. The average Bonchev–Trinajstić information content (AvgIpc) is 2.57. The largest absolute Gasteiger partial charge is 0.471 e. The molecule has 7 heteroatoms. The van der Waals surface area contributed by atoms with Crippen molar-refractivity contribution in [3.63, 3.8) is 0 Å². The Hall–Kier alpha value is -1.11. The summed E-state index contributed by atoms with van der Waals surface area (Å²) < 4.78 is 35.3. The molecular weight excluding hydrogens is 241 g/mol. The number of carbonyl (C=O) groups is 1. The fourth-order valence-corrected chi connectivity index (χ4v) is 1.88. The van der Waals surface area contributed by atoms with Crippen molar-refractivity contribution in [3.05, 3.63) is 16.1 Å². The lowest BCUT2D eigenvalue weighted by molar-refractivity contribution is -0.173. The third-order valence-corrected chi connectivity index (χ3v) is 2.80. The Bertz CT molecular complexity index is 362. The molecule has 0 aliphatic rings. The molecule has 0 aromatic carbocycles. The van der Waals surface area contributed by atoms with Crippen molar-refractivity contribution in [2.45, 2.75) is 25.9 Å². The van der Waals surface area contributed by atoms with Gasteiger partial charge >= 0.3 is 12.1 Å². The van der Waals surface area contributed by atoms with E-state index in [2.05, 4.69) is 4.98 Å². The molecule has 90 valence electrons. The van der Waals surface area contributed by atoms with Crippen molar-refractivity contribution in [3.8, 4) is 0 Å². The average molecular weight is 252 g/mol. The molecule has 16 heavy (non-hydrogen) atoms. The number of carbonyl (C=O) groups excluding carboxylic acids is 1. The highest BCUT2D eigenvalue weighted by Crippen LogP contribution is 2.14. The van der Waals surface area contributed by atoms with Crippen LogP contribution >= 0.6 is 11.3 Å². The number of hydrogen-bond donors (Lipinski definition) is 1. The van der Waals surface area contributed by atoms with Gasteiger partial charge in [-0.2, -0.15) is 13.2 Å². The van der Waals surface area contributed by atoms with Gasteiger partial charge in [0.1, 0.15) is 0 Å². The molecule has 0 saturated carbocycles. The summed E-state index contributed by atoms with van der Waals surface area (Å²) in [5.41, 5.74) is 0.902. The molecular formula is C9H11F3N2OS. The molecule has 0 bridgehead atoms. The van der Waals surface area contributed by atoms with Crippen LogP contribution in [0.1, 0.15) is 17.1 Å². The standard InChI is InChI=1S/C9H11F3N2OS/c1-6-5-16-7(14-6)3-2-4-13-8(15)9(10,11)12/h5H,2-4H2,1H3,(H,13,15). The number of amides is 1. The van der Waals surface area contributed by atoms with E-state index in [1.54, 1.807) is 0 Å². The Morgan fingerprint density at radius 1 is 1.56 bits per heavy atom. The molecule has 0 aliphatic carbocycles. The van der Waals surface area contributed by atoms with E-state index >= 15 is 0 Å². The Morgan fingerprint density at radius 2 is 2.25 bits per heavy atom. The van der Waals surface area contributed by atoms with Gasteiger partial charge in [0.05, 0.1) is 5.01 Å². The van der Waals surface area contributed by atoms with Crippen LogP contribution in [0, 0.1) is 6.92 Å². The van der Waals surface area contributed by atoms with Crippen LogP contribution in [-0.4, -0.2) is 23.6 Å². The van der Waals surface area contributed by atoms with Gasteiger partial charge in [0.15, 0.2) is 0 Å². The van der Waals surface area contributed by atoms with Gasteiger partial charge in [-0.05, 0) is 13.3 Å². The van der Waals surface area contributed by atoms with Crippen LogP contribution in [0.5, 0.6) is 0 Å². The third kappa shape index (κ3) is 4.18. The number of alkyl halides is 3. The summed E-state index contributed by atoms with van der Waals surface area (Å²) in [6.07, 6.45) is -3.76. The Balaban J connectivity index is 2.20. The van der Waals surface area contributed by atoms with Crippen molar-refractivity contribution in [1.82, 2.24) is 10.3 Å². The lowest BCUT2D eigenvalue weighted by Crippen LogP contribution is -2.37. The van der Waals surface area contributed by atoms with E-state index in [4.69, 9.17) is 0 Å². The maximum atomic E-state index is 11.8. The van der Waals surface area contributed by atoms with Gasteiger partial charge in [-0.1, -0.05) is 0 Å². The molecule has 0 spiro atoms. The maximum absolute atomic E-state index is 11.8. The zero-order valence-corrected chi connectivity index (χ0v) is 9.41. The number of nitrogens with one attached hydrogen (secondary N) is 1. The first-order valence-corrected chi connectivity index (χ1v) is 5.53. The molecule has 1 aromatic heterocycles. The van der Waals surface area contributed by atoms with E-state index in [0.717, 1.165) is 10.7 Å². The fourth-order valence-electron chi connectivity index (χ4n) is 1.06. The van der Waals surface area contributed by atoms with Gasteiger partial charge in [0.25, 0.3) is 0 Å². The van der Waals surface area contributed by atoms with E-state index in [-0.39, 0.29) is 6.54 Å². The summed E-state index contributed by atoms with van der Waals surface area (Å²) in [6, 6.07) is 0. The number of aryl methyl sites for hydroxylation is 2. The van der Waals surface area contributed by atoms with E-state index in [1.807, 2.05) is 17.6 Å². The molecule has 0 saturated heterocycles. The van der Waals surface area contributed by atoms with Crippen LogP contribution in [-0.2, 0) is 11.2 Å². The number of rotatable bonds is 4. The fraction of sp³-hybridized carbons (Fsp3) is 0.556. The van der Waals surface area contributed by atoms with Crippen molar-refractivity contribution in [2.75, 3.05) is 6.54 Å². The zero-order valence-electron chi connectivity index (χ0n) is 8.60. The molecule has 1 amide bonds. The van der Waals surface area contributed by atoms with Crippen molar-refractivity contribution in [2.24, 2.45) is 0 Å². The number of halogens is 3. The first-order chi connectivity index (χ1) is 7.39. The molecule has 0 unspecified atom stereocenters. The molecule has 0 radical (unpaired) electrons. The molecule has 1 N–H and O–H groups in total. The van der Waals surface area contributed by atoms with Crippen LogP contribution in [0.25, 0.3) is 0 Å². The van der Waals surface area contributed by atoms with E-state index < -0.39 is 12.1 Å². The first kappa shape index (κ1) is 13.0. The Kier molecular flexibility index (Phi) is 4.28. The highest BCUT2D eigenvalue weighted by molar-refractivity contribution is 7.09. The van der Waals surface area contributed by atoms with E-state index in [0.29, 0.717) is 12.8 Å². The summed E-state index contributed by atoms with van der Waals surface area (Å²) in [5.74, 6) is -1.89. The second kappa shape index (κ2) is 5.29. The van der Waals surface area contributed by atoms with Gasteiger partial charge in [-0.25, -0.2) is 4.98 Å². The van der Waals surface area contributed by atoms with Gasteiger partial charge in [-0.15, -0.1) is 11.3 Å². The van der Waals surface area contributed by atoms with Crippen LogP contribution in [0.2, 0.25) is 0 Å². The van der Waals surface area contributed by atoms with Gasteiger partial charge in [-0.3, -0.25) is 4.79 Å². The van der Waals surface area contributed by atoms with Crippen LogP contribution < -0.4 is 5.32 Å². The molecule has 0 fully saturated rings. The van der Waals surface area contributed by atoms with Crippen LogP contribution in [0.4, 0.5) is 13.2 Å². The van der Waals surface area contributed by atoms with E-state index in [9.17, 15) is 18.0 Å². The lowest BCUT2D eigenvalue weighted by atomic mass is 10.3. The molecule has 0 aliphatic heterocycles. The molecule has 3 nitrogen and oxygen atoms in total. The van der Waals surface area contributed by atoms with Crippen LogP contribution in [0.3, 0.4) is 0 Å².